The van der Waals surface area contributed by atoms with E-state index in [9.17, 15) is 9.59 Å². The molecule has 0 aromatic heterocycles. The van der Waals surface area contributed by atoms with Gasteiger partial charge in [0.1, 0.15) is 0 Å². The lowest BCUT2D eigenvalue weighted by molar-refractivity contribution is -0.134. The first kappa shape index (κ1) is 22.7. The fourth-order valence-corrected chi connectivity index (χ4v) is 3.22. The Morgan fingerprint density at radius 2 is 1.86 bits per heavy atom. The Labute approximate surface area is 174 Å². The summed E-state index contributed by atoms with van der Waals surface area (Å²) >= 11 is 6.41. The summed E-state index contributed by atoms with van der Waals surface area (Å²) in [6, 6.07) is 5.44. The first-order valence-electron chi connectivity index (χ1n) is 9.97. The van der Waals surface area contributed by atoms with E-state index in [4.69, 9.17) is 17.3 Å². The number of halogens is 1. The monoisotopic (exact) mass is 407 g/mol. The molecule has 28 heavy (non-hydrogen) atoms. The molecule has 3 N–H and O–H groups in total. The summed E-state index contributed by atoms with van der Waals surface area (Å²) < 4.78 is 0. The molecule has 1 aliphatic rings. The third kappa shape index (κ3) is 7.10. The van der Waals surface area contributed by atoms with Crippen LogP contribution in [0, 0.1) is 16.7 Å². The second-order valence-electron chi connectivity index (χ2n) is 9.93. The van der Waals surface area contributed by atoms with Crippen LogP contribution in [0.2, 0.25) is 5.02 Å². The molecular weight excluding hydrogens is 374 g/mol. The van der Waals surface area contributed by atoms with Gasteiger partial charge in [0, 0.05) is 36.1 Å². The van der Waals surface area contributed by atoms with Gasteiger partial charge in [-0.25, -0.2) is 0 Å². The summed E-state index contributed by atoms with van der Waals surface area (Å²) in [5.74, 6) is 0.262. The predicted molar refractivity (Wildman–Crippen MR) is 115 cm³/mol. The zero-order valence-corrected chi connectivity index (χ0v) is 18.5. The molecule has 156 valence electrons. The number of nitrogens with two attached hydrogens (primary N) is 1. The zero-order chi connectivity index (χ0) is 21.1. The highest BCUT2D eigenvalue weighted by Gasteiger charge is 2.35. The highest BCUT2D eigenvalue weighted by Crippen LogP contribution is 2.33. The maximum Gasteiger partial charge on any atom is 0.226 e. The number of hydrogen-bond acceptors (Lipinski definition) is 3. The second-order valence-corrected chi connectivity index (χ2v) is 10.3. The van der Waals surface area contributed by atoms with Gasteiger partial charge in [0.15, 0.2) is 0 Å². The van der Waals surface area contributed by atoms with Gasteiger partial charge in [-0.3, -0.25) is 9.59 Å². The number of nitrogens with one attached hydrogen (secondary N) is 1. The molecule has 1 aliphatic carbocycles. The standard InChI is InChI=1S/C22H34ClN3O2/c1-21(2,3)11-19(27)25-17-8-9-18(23)16(10-17)12-26(14-22(4,5)13-24)20(28)15-6-7-15/h8-10,15H,6-7,11-14,24H2,1-5H3,(H,25,27). The van der Waals surface area contributed by atoms with Crippen molar-refractivity contribution in [3.63, 3.8) is 0 Å². The molecule has 6 heteroatoms. The maximum absolute atomic E-state index is 12.8. The lowest BCUT2D eigenvalue weighted by atomic mass is 9.92. The summed E-state index contributed by atoms with van der Waals surface area (Å²) in [4.78, 5) is 26.9. The van der Waals surface area contributed by atoms with Crippen LogP contribution in [0.3, 0.4) is 0 Å². The Balaban J connectivity index is 2.17. The Bertz CT molecular complexity index is 721. The average Bonchev–Trinajstić information content (AvgIpc) is 3.39. The molecule has 1 aromatic carbocycles. The molecule has 2 rings (SSSR count). The SMILES string of the molecule is CC(C)(C)CC(=O)Nc1ccc(Cl)c(CN(CC(C)(C)CN)C(=O)C2CC2)c1. The lowest BCUT2D eigenvalue weighted by Gasteiger charge is -2.32. The van der Waals surface area contributed by atoms with Crippen LogP contribution in [0.5, 0.6) is 0 Å². The van der Waals surface area contributed by atoms with Crippen LogP contribution in [0.1, 0.15) is 59.4 Å². The molecule has 0 aliphatic heterocycles. The van der Waals surface area contributed by atoms with Crippen molar-refractivity contribution in [2.75, 3.05) is 18.4 Å². The molecule has 1 aromatic rings. The average molecular weight is 408 g/mol. The number of rotatable bonds is 8. The third-order valence-electron chi connectivity index (χ3n) is 4.79. The summed E-state index contributed by atoms with van der Waals surface area (Å²) in [5.41, 5.74) is 7.16. The molecule has 1 saturated carbocycles. The number of amides is 2. The molecule has 0 saturated heterocycles. The molecule has 0 atom stereocenters. The summed E-state index contributed by atoms with van der Waals surface area (Å²) in [7, 11) is 0. The predicted octanol–water partition coefficient (Wildman–Crippen LogP) is 4.44. The van der Waals surface area contributed by atoms with E-state index in [0.717, 1.165) is 18.4 Å². The first-order valence-corrected chi connectivity index (χ1v) is 10.4. The van der Waals surface area contributed by atoms with Crippen molar-refractivity contribution in [2.24, 2.45) is 22.5 Å². The Kier molecular flexibility index (Phi) is 7.16. The lowest BCUT2D eigenvalue weighted by Crippen LogP contribution is -2.42. The molecule has 2 amide bonds. The minimum absolute atomic E-state index is 0.0315. The van der Waals surface area contributed by atoms with Crippen molar-refractivity contribution >= 4 is 29.1 Å². The summed E-state index contributed by atoms with van der Waals surface area (Å²) in [6.45, 7) is 11.7. The van der Waals surface area contributed by atoms with Gasteiger partial charge in [0.05, 0.1) is 0 Å². The van der Waals surface area contributed by atoms with E-state index >= 15 is 0 Å². The van der Waals surface area contributed by atoms with Crippen LogP contribution >= 0.6 is 11.6 Å². The first-order chi connectivity index (χ1) is 12.9. The van der Waals surface area contributed by atoms with Crippen LogP contribution < -0.4 is 11.1 Å². The molecule has 0 unspecified atom stereocenters. The number of nitrogens with zero attached hydrogens (tertiary/aromatic N) is 1. The van der Waals surface area contributed by atoms with E-state index in [1.165, 1.54) is 0 Å². The topological polar surface area (TPSA) is 75.4 Å². The van der Waals surface area contributed by atoms with E-state index in [0.29, 0.717) is 36.8 Å². The van der Waals surface area contributed by atoms with Gasteiger partial charge in [-0.15, -0.1) is 0 Å². The van der Waals surface area contributed by atoms with E-state index in [1.807, 2.05) is 31.7 Å². The van der Waals surface area contributed by atoms with Gasteiger partial charge in [0.2, 0.25) is 11.8 Å². The van der Waals surface area contributed by atoms with Crippen molar-refractivity contribution in [3.05, 3.63) is 28.8 Å². The minimum Gasteiger partial charge on any atom is -0.337 e. The normalized spacial score (nSPS) is 14.7. The van der Waals surface area contributed by atoms with E-state index in [-0.39, 0.29) is 28.6 Å². The Morgan fingerprint density at radius 1 is 1.21 bits per heavy atom. The van der Waals surface area contributed by atoms with Crippen LogP contribution in [0.4, 0.5) is 5.69 Å². The van der Waals surface area contributed by atoms with Gasteiger partial charge < -0.3 is 16.0 Å². The van der Waals surface area contributed by atoms with Crippen molar-refractivity contribution in [1.82, 2.24) is 4.90 Å². The van der Waals surface area contributed by atoms with Crippen LogP contribution in [0.25, 0.3) is 0 Å². The van der Waals surface area contributed by atoms with E-state index < -0.39 is 0 Å². The second kappa shape index (κ2) is 8.83. The fraction of sp³-hybridized carbons (Fsp3) is 0.636. The summed E-state index contributed by atoms with van der Waals surface area (Å²) in [6.07, 6.45) is 2.34. The molecule has 0 heterocycles. The smallest absolute Gasteiger partial charge is 0.226 e. The third-order valence-corrected chi connectivity index (χ3v) is 5.16. The Morgan fingerprint density at radius 3 is 2.39 bits per heavy atom. The largest absolute Gasteiger partial charge is 0.337 e. The number of benzene rings is 1. The van der Waals surface area contributed by atoms with Gasteiger partial charge in [0.25, 0.3) is 0 Å². The highest BCUT2D eigenvalue weighted by molar-refractivity contribution is 6.31. The molecule has 0 radical (unpaired) electrons. The number of anilines is 1. The Hall–Kier alpha value is -1.59. The van der Waals surface area contributed by atoms with E-state index in [2.05, 4.69) is 19.2 Å². The quantitative estimate of drug-likeness (QED) is 0.668. The van der Waals surface area contributed by atoms with Gasteiger partial charge in [-0.1, -0.05) is 46.2 Å². The fourth-order valence-electron chi connectivity index (χ4n) is 3.05. The van der Waals surface area contributed by atoms with Crippen LogP contribution in [-0.2, 0) is 16.1 Å². The van der Waals surface area contributed by atoms with Crippen LogP contribution in [0.15, 0.2) is 18.2 Å². The molecular formula is C22H34ClN3O2. The number of carbonyl (C=O) groups is 2. The molecule has 5 nitrogen and oxygen atoms in total. The number of hydrogen-bond donors (Lipinski definition) is 2. The molecule has 0 bridgehead atoms. The minimum atomic E-state index is -0.171. The van der Waals surface area contributed by atoms with Crippen molar-refractivity contribution in [3.8, 4) is 0 Å². The van der Waals surface area contributed by atoms with Gasteiger partial charge in [-0.2, -0.15) is 0 Å². The van der Waals surface area contributed by atoms with Gasteiger partial charge in [-0.05, 0) is 54.0 Å². The highest BCUT2D eigenvalue weighted by atomic mass is 35.5. The van der Waals surface area contributed by atoms with Crippen molar-refractivity contribution < 1.29 is 9.59 Å². The van der Waals surface area contributed by atoms with E-state index in [1.54, 1.807) is 12.1 Å². The maximum atomic E-state index is 12.8. The van der Waals surface area contributed by atoms with Gasteiger partial charge >= 0.3 is 0 Å². The molecule has 1 fully saturated rings. The van der Waals surface area contributed by atoms with Crippen molar-refractivity contribution in [2.45, 2.75) is 60.4 Å². The zero-order valence-electron chi connectivity index (χ0n) is 17.8. The molecule has 0 spiro atoms. The van der Waals surface area contributed by atoms with Crippen LogP contribution in [-0.4, -0.2) is 29.8 Å². The number of carbonyl (C=O) groups excluding carboxylic acids is 2. The van der Waals surface area contributed by atoms with Crippen molar-refractivity contribution in [1.29, 1.82) is 0 Å². The summed E-state index contributed by atoms with van der Waals surface area (Å²) in [5, 5.41) is 3.53.